The molecular weight excluding hydrogens is 793 g/mol. The van der Waals surface area contributed by atoms with E-state index in [1.165, 1.54) is 18.2 Å². The molecule has 0 aliphatic carbocycles. The molecule has 0 aromatic heterocycles. The lowest BCUT2D eigenvalue weighted by molar-refractivity contribution is 0.0594. The summed E-state index contributed by atoms with van der Waals surface area (Å²) < 4.78 is 73.6. The Labute approximate surface area is 329 Å². The molecule has 292 valence electrons. The molecule has 1 heterocycles. The van der Waals surface area contributed by atoms with Crippen LogP contribution in [-0.4, -0.2) is 64.8 Å². The number of para-hydroxylation sites is 1. The summed E-state index contributed by atoms with van der Waals surface area (Å²) in [5, 5.41) is 18.5. The number of amides is 2. The second-order valence-electron chi connectivity index (χ2n) is 13.0. The van der Waals surface area contributed by atoms with Crippen molar-refractivity contribution in [1.29, 1.82) is 0 Å². The molecule has 0 unspecified atom stereocenters. The zero-order valence-corrected chi connectivity index (χ0v) is 31.2. The zero-order valence-electron chi connectivity index (χ0n) is 29.6. The van der Waals surface area contributed by atoms with Gasteiger partial charge in [-0.25, -0.2) is 9.59 Å². The third kappa shape index (κ3) is 7.52. The Balaban J connectivity index is 1.06. The maximum atomic E-state index is 13.7. The highest BCUT2D eigenvalue weighted by atomic mass is 32.2. The summed E-state index contributed by atoms with van der Waals surface area (Å²) in [6.07, 6.45) is 3.70. The van der Waals surface area contributed by atoms with Gasteiger partial charge < -0.3 is 20.7 Å². The van der Waals surface area contributed by atoms with E-state index in [0.717, 1.165) is 45.4 Å². The summed E-state index contributed by atoms with van der Waals surface area (Å²) in [6, 6.07) is 27.4. The molecule has 58 heavy (non-hydrogen) atoms. The minimum Gasteiger partial charge on any atom is -0.478 e. The fourth-order valence-corrected chi connectivity index (χ4v) is 7.66. The third-order valence-corrected chi connectivity index (χ3v) is 11.0. The first-order valence-corrected chi connectivity index (χ1v) is 19.7. The van der Waals surface area contributed by atoms with Crippen LogP contribution in [0, 0.1) is 0 Å². The largest absolute Gasteiger partial charge is 0.478 e. The first-order valence-electron chi connectivity index (χ1n) is 16.9. The van der Waals surface area contributed by atoms with Gasteiger partial charge in [-0.05, 0) is 70.3 Å². The quantitative estimate of drug-likeness (QED) is 0.0393. The maximum Gasteiger partial charge on any atom is 0.339 e. The Morgan fingerprint density at radius 1 is 0.672 bits per heavy atom. The molecular formula is C41H28N2O13S2. The summed E-state index contributed by atoms with van der Waals surface area (Å²) in [6.45, 7) is -0.295. The highest BCUT2D eigenvalue weighted by molar-refractivity contribution is 7.86. The number of aromatic carboxylic acids is 2. The second-order valence-corrected chi connectivity index (χ2v) is 15.8. The smallest absolute Gasteiger partial charge is 0.339 e. The van der Waals surface area contributed by atoms with Crippen molar-refractivity contribution in [2.45, 2.75) is 16.3 Å². The molecule has 0 spiro atoms. The van der Waals surface area contributed by atoms with E-state index in [1.54, 1.807) is 48.5 Å². The predicted octanol–water partition coefficient (Wildman–Crippen LogP) is 6.74. The summed E-state index contributed by atoms with van der Waals surface area (Å²) in [7, 11) is -9.92. The number of anilines is 1. The van der Waals surface area contributed by atoms with E-state index in [4.69, 9.17) is 10.5 Å². The number of carboxylic acid groups (broad SMARTS) is 2. The molecule has 7 rings (SSSR count). The van der Waals surface area contributed by atoms with Crippen molar-refractivity contribution in [2.75, 3.05) is 5.73 Å². The first-order chi connectivity index (χ1) is 27.4. The lowest BCUT2D eigenvalue weighted by Crippen LogP contribution is -2.40. The number of carbonyl (C=O) groups is 4. The molecule has 0 radical (unpaired) electrons. The summed E-state index contributed by atoms with van der Waals surface area (Å²) in [4.78, 5) is 49.8. The maximum absolute atomic E-state index is 13.7. The van der Waals surface area contributed by atoms with Crippen LogP contribution in [0.5, 0.6) is 11.5 Å². The van der Waals surface area contributed by atoms with Crippen LogP contribution in [0.1, 0.15) is 58.1 Å². The molecule has 0 atom stereocenters. The summed E-state index contributed by atoms with van der Waals surface area (Å²) in [5.41, 5.74) is 7.90. The van der Waals surface area contributed by atoms with Crippen LogP contribution in [0.2, 0.25) is 0 Å². The zero-order chi connectivity index (χ0) is 41.7. The molecule has 1 aliphatic rings. The lowest BCUT2D eigenvalue weighted by Gasteiger charge is -2.28. The van der Waals surface area contributed by atoms with Crippen LogP contribution < -0.4 is 10.5 Å². The molecule has 0 saturated carbocycles. The van der Waals surface area contributed by atoms with Crippen LogP contribution in [0.3, 0.4) is 0 Å². The van der Waals surface area contributed by atoms with Gasteiger partial charge in [-0.15, -0.1) is 0 Å². The molecule has 15 nitrogen and oxygen atoms in total. The standard InChI is InChI=1S/C41H28N2O13S2/c42-36-31-18-28(57(50,51)52)19-32-35(31)33(20-34(36)58(53,54)55)39(45)43(38(32)44)21-24-8-14-26(15-9-24)25-12-6-22(7-13-25)4-5-23-10-16-27(17-11-23)56-37-29(40(46)47)2-1-3-30(37)41(48)49/h1-20H,21,42H2,(H,46,47)(H,48,49)(H,50,51,52)(H,53,54,55)/b5-4+. The number of nitrogens with zero attached hydrogens (tertiary/aromatic N) is 1. The van der Waals surface area contributed by atoms with Gasteiger partial charge in [0.15, 0.2) is 5.75 Å². The monoisotopic (exact) mass is 820 g/mol. The van der Waals surface area contributed by atoms with Gasteiger partial charge in [0.1, 0.15) is 21.8 Å². The number of carbonyl (C=O) groups excluding carboxylic acids is 2. The van der Waals surface area contributed by atoms with Gasteiger partial charge in [0.05, 0.1) is 28.3 Å². The van der Waals surface area contributed by atoms with Crippen LogP contribution in [0.25, 0.3) is 34.1 Å². The van der Waals surface area contributed by atoms with E-state index in [-0.39, 0.29) is 51.1 Å². The number of benzene rings is 6. The Kier molecular flexibility index (Phi) is 9.91. The molecule has 0 fully saturated rings. The number of rotatable bonds is 11. The number of imide groups is 1. The van der Waals surface area contributed by atoms with Crippen molar-refractivity contribution in [1.82, 2.24) is 4.90 Å². The van der Waals surface area contributed by atoms with Gasteiger partial charge in [0, 0.05) is 10.8 Å². The number of carboxylic acids is 2. The van der Waals surface area contributed by atoms with Gasteiger partial charge in [0.25, 0.3) is 32.1 Å². The molecule has 2 amide bonds. The fourth-order valence-electron chi connectivity index (χ4n) is 6.47. The van der Waals surface area contributed by atoms with Crippen LogP contribution >= 0.6 is 0 Å². The molecule has 0 bridgehead atoms. The van der Waals surface area contributed by atoms with E-state index < -0.39 is 59.5 Å². The van der Waals surface area contributed by atoms with Crippen LogP contribution in [0.15, 0.2) is 119 Å². The topological polar surface area (TPSA) is 256 Å². The number of hydrogen-bond donors (Lipinski definition) is 5. The lowest BCUT2D eigenvalue weighted by atomic mass is 9.92. The highest BCUT2D eigenvalue weighted by Crippen LogP contribution is 2.39. The van der Waals surface area contributed by atoms with Crippen molar-refractivity contribution in [3.05, 3.63) is 148 Å². The molecule has 6 aromatic carbocycles. The second kappa shape index (κ2) is 14.7. The van der Waals surface area contributed by atoms with Crippen LogP contribution in [0.4, 0.5) is 5.69 Å². The van der Waals surface area contributed by atoms with Crippen LogP contribution in [-0.2, 0) is 26.8 Å². The van der Waals surface area contributed by atoms with Gasteiger partial charge in [0.2, 0.25) is 0 Å². The normalized spacial score (nSPS) is 13.0. The van der Waals surface area contributed by atoms with E-state index in [0.29, 0.717) is 5.56 Å². The average molecular weight is 821 g/mol. The molecule has 17 heteroatoms. The molecule has 6 aromatic rings. The van der Waals surface area contributed by atoms with E-state index in [1.807, 2.05) is 36.4 Å². The summed E-state index contributed by atoms with van der Waals surface area (Å²) in [5.74, 6) is -4.52. The van der Waals surface area contributed by atoms with E-state index in [9.17, 15) is 55.3 Å². The van der Waals surface area contributed by atoms with Crippen molar-refractivity contribution in [3.63, 3.8) is 0 Å². The summed E-state index contributed by atoms with van der Waals surface area (Å²) >= 11 is 0. The van der Waals surface area contributed by atoms with Gasteiger partial charge in [-0.1, -0.05) is 78.9 Å². The van der Waals surface area contributed by atoms with Crippen molar-refractivity contribution in [3.8, 4) is 22.6 Å². The van der Waals surface area contributed by atoms with Crippen molar-refractivity contribution >= 4 is 72.6 Å². The van der Waals surface area contributed by atoms with Gasteiger partial charge in [-0.3, -0.25) is 23.6 Å². The Bertz CT molecular complexity index is 2930. The number of ether oxygens (including phenoxy) is 1. The number of hydrogen-bond acceptors (Lipinski definition) is 10. The van der Waals surface area contributed by atoms with E-state index in [2.05, 4.69) is 0 Å². The molecule has 0 saturated heterocycles. The highest BCUT2D eigenvalue weighted by Gasteiger charge is 2.37. The van der Waals surface area contributed by atoms with Crippen molar-refractivity contribution < 1.29 is 60.1 Å². The number of nitrogens with two attached hydrogens (primary N) is 1. The van der Waals surface area contributed by atoms with Gasteiger partial charge >= 0.3 is 11.9 Å². The molecule has 1 aliphatic heterocycles. The fraction of sp³-hybridized carbons (Fsp3) is 0.0244. The average Bonchev–Trinajstić information content (AvgIpc) is 3.18. The third-order valence-electron chi connectivity index (χ3n) is 9.32. The SMILES string of the molecule is Nc1c(S(=O)(=O)O)cc2c3c(cc(S(=O)(=O)O)cc13)C(=O)N(Cc1ccc(-c3ccc(/C=C/c4ccc(Oc5c(C(=O)O)cccc5C(=O)O)cc4)cc3)cc1)C2=O. The first kappa shape index (κ1) is 39.1. The van der Waals surface area contributed by atoms with E-state index >= 15 is 0 Å². The van der Waals surface area contributed by atoms with Crippen molar-refractivity contribution in [2.24, 2.45) is 0 Å². The minimum absolute atomic E-state index is 0.126. The Morgan fingerprint density at radius 2 is 1.17 bits per heavy atom. The number of nitrogen functional groups attached to an aromatic ring is 1. The Hall–Kier alpha value is -7.18. The van der Waals surface area contributed by atoms with Gasteiger partial charge in [-0.2, -0.15) is 16.8 Å². The Morgan fingerprint density at radius 3 is 1.67 bits per heavy atom. The molecule has 6 N–H and O–H groups in total. The predicted molar refractivity (Wildman–Crippen MR) is 210 cm³/mol. The minimum atomic E-state index is -5.00.